The van der Waals surface area contributed by atoms with Gasteiger partial charge in [-0.25, -0.2) is 0 Å². The van der Waals surface area contributed by atoms with E-state index in [0.717, 1.165) is 19.3 Å². The van der Waals surface area contributed by atoms with Crippen LogP contribution in [0.5, 0.6) is 0 Å². The molecule has 0 radical (unpaired) electrons. The number of aliphatic hydroxyl groups excluding tert-OH is 1. The summed E-state index contributed by atoms with van der Waals surface area (Å²) >= 11 is 0. The average Bonchev–Trinajstić information content (AvgIpc) is 2.64. The van der Waals surface area contributed by atoms with Crippen molar-refractivity contribution in [3.05, 3.63) is 30.1 Å². The summed E-state index contributed by atoms with van der Waals surface area (Å²) < 4.78 is 0. The molecule has 1 spiro atoms. The first-order valence-corrected chi connectivity index (χ1v) is 9.60. The van der Waals surface area contributed by atoms with E-state index in [1.165, 1.54) is 5.56 Å². The van der Waals surface area contributed by atoms with Gasteiger partial charge < -0.3 is 14.9 Å². The number of carbonyl (C=O) groups excluding carboxylic acids is 2. The number of likely N-dealkylation sites (tertiary alicyclic amines) is 2. The predicted molar refractivity (Wildman–Crippen MR) is 98.3 cm³/mol. The van der Waals surface area contributed by atoms with E-state index in [4.69, 9.17) is 0 Å². The molecule has 6 heteroatoms. The fourth-order valence-corrected chi connectivity index (χ4v) is 4.32. The molecule has 2 aliphatic rings. The van der Waals surface area contributed by atoms with Crippen LogP contribution < -0.4 is 0 Å². The number of β-amino-alcohol motifs (C(OH)–C–C–N with tert-alkyl or cyclic N) is 1. The van der Waals surface area contributed by atoms with Crippen molar-refractivity contribution >= 4 is 11.8 Å². The lowest BCUT2D eigenvalue weighted by atomic mass is 9.71. The normalized spacial score (nSPS) is 22.7. The molecule has 6 nitrogen and oxygen atoms in total. The predicted octanol–water partition coefficient (Wildman–Crippen LogP) is 1.63. The van der Waals surface area contributed by atoms with Gasteiger partial charge in [0.05, 0.1) is 11.5 Å². The highest BCUT2D eigenvalue weighted by Crippen LogP contribution is 2.40. The van der Waals surface area contributed by atoms with Crippen LogP contribution in [0.1, 0.15) is 44.1 Å². The van der Waals surface area contributed by atoms with E-state index in [2.05, 4.69) is 11.1 Å². The summed E-state index contributed by atoms with van der Waals surface area (Å²) in [7, 11) is 1.76. The number of rotatable bonds is 5. The molecule has 3 heterocycles. The second-order valence-corrected chi connectivity index (χ2v) is 7.77. The highest BCUT2D eigenvalue weighted by molar-refractivity contribution is 5.84. The Morgan fingerprint density at radius 3 is 2.81 bits per heavy atom. The van der Waals surface area contributed by atoms with Gasteiger partial charge in [-0.1, -0.05) is 6.07 Å². The van der Waals surface area contributed by atoms with Gasteiger partial charge in [0.15, 0.2) is 0 Å². The van der Waals surface area contributed by atoms with E-state index in [1.54, 1.807) is 18.1 Å². The van der Waals surface area contributed by atoms with Gasteiger partial charge in [0.25, 0.3) is 0 Å². The van der Waals surface area contributed by atoms with Gasteiger partial charge >= 0.3 is 0 Å². The third-order valence-electron chi connectivity index (χ3n) is 5.81. The maximum absolute atomic E-state index is 12.6. The molecule has 2 aliphatic heterocycles. The fraction of sp³-hybridized carbons (Fsp3) is 0.650. The molecular weight excluding hydrogens is 330 g/mol. The number of pyridine rings is 1. The average molecular weight is 359 g/mol. The number of hydrogen-bond acceptors (Lipinski definition) is 4. The van der Waals surface area contributed by atoms with Crippen molar-refractivity contribution in [2.24, 2.45) is 5.41 Å². The largest absolute Gasteiger partial charge is 0.391 e. The van der Waals surface area contributed by atoms with Crippen LogP contribution in [0.3, 0.4) is 0 Å². The van der Waals surface area contributed by atoms with Crippen LogP contribution in [0.25, 0.3) is 0 Å². The minimum absolute atomic E-state index is 0.131. The van der Waals surface area contributed by atoms with E-state index in [-0.39, 0.29) is 11.8 Å². The fourth-order valence-electron chi connectivity index (χ4n) is 4.32. The standard InChI is InChI=1S/C20H29N3O3/c1-22-15-17(24)13-20(19(22)26)8-11-23(12-9-20)18(25)7-3-2-5-16-6-4-10-21-14-16/h4,6,10,14,17,24H,2-3,5,7-9,11-13,15H2,1H3. The summed E-state index contributed by atoms with van der Waals surface area (Å²) in [6, 6.07) is 4.00. The van der Waals surface area contributed by atoms with Gasteiger partial charge in [0, 0.05) is 45.5 Å². The highest BCUT2D eigenvalue weighted by Gasteiger charge is 2.47. The minimum Gasteiger partial charge on any atom is -0.391 e. The molecule has 1 aromatic heterocycles. The second kappa shape index (κ2) is 8.16. The Hall–Kier alpha value is -1.95. The number of aromatic nitrogens is 1. The summed E-state index contributed by atoms with van der Waals surface area (Å²) in [5.41, 5.74) is 0.738. The number of nitrogens with zero attached hydrogens (tertiary/aromatic N) is 3. The van der Waals surface area contributed by atoms with Gasteiger partial charge in [-0.2, -0.15) is 0 Å². The van der Waals surface area contributed by atoms with Gasteiger partial charge in [0.1, 0.15) is 0 Å². The van der Waals surface area contributed by atoms with Crippen LogP contribution in [0.15, 0.2) is 24.5 Å². The SMILES string of the molecule is CN1CC(O)CC2(CCN(C(=O)CCCCc3cccnc3)CC2)C1=O. The molecule has 0 aromatic carbocycles. The number of aryl methyl sites for hydroxylation is 1. The van der Waals surface area contributed by atoms with E-state index in [1.807, 2.05) is 17.2 Å². The Labute approximate surface area is 155 Å². The molecule has 0 saturated carbocycles. The zero-order chi connectivity index (χ0) is 18.6. The van der Waals surface area contributed by atoms with Crippen LogP contribution >= 0.6 is 0 Å². The maximum atomic E-state index is 12.6. The van der Waals surface area contributed by atoms with E-state index < -0.39 is 11.5 Å². The van der Waals surface area contributed by atoms with Crippen molar-refractivity contribution < 1.29 is 14.7 Å². The molecule has 2 saturated heterocycles. The van der Waals surface area contributed by atoms with Crippen LogP contribution in [-0.2, 0) is 16.0 Å². The number of amides is 2. The molecule has 3 rings (SSSR count). The topological polar surface area (TPSA) is 73.7 Å². The van der Waals surface area contributed by atoms with Crippen molar-refractivity contribution in [1.29, 1.82) is 0 Å². The Balaban J connectivity index is 1.43. The van der Waals surface area contributed by atoms with Crippen molar-refractivity contribution in [1.82, 2.24) is 14.8 Å². The zero-order valence-corrected chi connectivity index (χ0v) is 15.6. The van der Waals surface area contributed by atoms with Crippen molar-refractivity contribution in [2.45, 2.75) is 51.0 Å². The number of likely N-dealkylation sites (N-methyl/N-ethyl adjacent to an activating group) is 1. The lowest BCUT2D eigenvalue weighted by Gasteiger charge is -2.47. The molecular formula is C20H29N3O3. The number of unbranched alkanes of at least 4 members (excludes halogenated alkanes) is 1. The molecule has 2 amide bonds. The van der Waals surface area contributed by atoms with Gasteiger partial charge in [-0.05, 0) is 50.2 Å². The number of aliphatic hydroxyl groups is 1. The summed E-state index contributed by atoms with van der Waals surface area (Å²) in [5, 5.41) is 10.0. The zero-order valence-electron chi connectivity index (χ0n) is 15.6. The van der Waals surface area contributed by atoms with E-state index in [0.29, 0.717) is 45.3 Å². The van der Waals surface area contributed by atoms with Gasteiger partial charge in [-0.3, -0.25) is 14.6 Å². The van der Waals surface area contributed by atoms with Crippen molar-refractivity contribution in [2.75, 3.05) is 26.7 Å². The first-order valence-electron chi connectivity index (χ1n) is 9.60. The molecule has 0 bridgehead atoms. The second-order valence-electron chi connectivity index (χ2n) is 7.77. The maximum Gasteiger partial charge on any atom is 0.228 e. The summed E-state index contributed by atoms with van der Waals surface area (Å²) in [4.78, 5) is 32.7. The summed E-state index contributed by atoms with van der Waals surface area (Å²) in [6.07, 6.45) is 8.40. The highest BCUT2D eigenvalue weighted by atomic mass is 16.3. The lowest BCUT2D eigenvalue weighted by Crippen LogP contribution is -2.56. The van der Waals surface area contributed by atoms with Crippen molar-refractivity contribution in [3.8, 4) is 0 Å². The molecule has 1 aromatic rings. The van der Waals surface area contributed by atoms with Crippen LogP contribution in [-0.4, -0.2) is 64.5 Å². The molecule has 26 heavy (non-hydrogen) atoms. The third-order valence-corrected chi connectivity index (χ3v) is 5.81. The molecule has 1 N–H and O–H groups in total. The molecule has 0 aliphatic carbocycles. The van der Waals surface area contributed by atoms with E-state index in [9.17, 15) is 14.7 Å². The van der Waals surface area contributed by atoms with Crippen molar-refractivity contribution in [3.63, 3.8) is 0 Å². The summed E-state index contributed by atoms with van der Waals surface area (Å²) in [6.45, 7) is 1.65. The molecule has 2 fully saturated rings. The number of carbonyl (C=O) groups is 2. The summed E-state index contributed by atoms with van der Waals surface area (Å²) in [5.74, 6) is 0.314. The Kier molecular flexibility index (Phi) is 5.91. The van der Waals surface area contributed by atoms with Crippen LogP contribution in [0.2, 0.25) is 0 Å². The van der Waals surface area contributed by atoms with E-state index >= 15 is 0 Å². The van der Waals surface area contributed by atoms with Crippen LogP contribution in [0, 0.1) is 5.41 Å². The quantitative estimate of drug-likeness (QED) is 0.811. The first kappa shape index (κ1) is 18.8. The Morgan fingerprint density at radius 2 is 2.12 bits per heavy atom. The molecule has 1 atom stereocenters. The number of hydrogen-bond donors (Lipinski definition) is 1. The van der Waals surface area contributed by atoms with Crippen LogP contribution in [0.4, 0.5) is 0 Å². The monoisotopic (exact) mass is 359 g/mol. The third kappa shape index (κ3) is 4.23. The first-order chi connectivity index (χ1) is 12.5. The lowest BCUT2D eigenvalue weighted by molar-refractivity contribution is -0.156. The van der Waals surface area contributed by atoms with Gasteiger partial charge in [0.2, 0.25) is 11.8 Å². The minimum atomic E-state index is -0.469. The Bertz CT molecular complexity index is 626. The smallest absolute Gasteiger partial charge is 0.228 e. The molecule has 1 unspecified atom stereocenters. The van der Waals surface area contributed by atoms with Gasteiger partial charge in [-0.15, -0.1) is 0 Å². The number of piperidine rings is 2. The Morgan fingerprint density at radius 1 is 1.35 bits per heavy atom. The molecule has 142 valence electrons.